The fourth-order valence-electron chi connectivity index (χ4n) is 3.93. The molecule has 0 saturated carbocycles. The molecule has 136 valence electrons. The Bertz CT molecular complexity index is 897. The normalized spacial score (nSPS) is 20.3. The molecule has 1 aliphatic rings. The molecule has 1 aliphatic heterocycles. The monoisotopic (exact) mass is 353 g/mol. The lowest BCUT2D eigenvalue weighted by molar-refractivity contribution is 0.157. The number of aromatic amines is 1. The van der Waals surface area contributed by atoms with Crippen molar-refractivity contribution in [2.75, 3.05) is 26.8 Å². The molecule has 0 spiro atoms. The van der Waals surface area contributed by atoms with E-state index in [1.54, 1.807) is 0 Å². The summed E-state index contributed by atoms with van der Waals surface area (Å²) < 4.78 is 19.0. The van der Waals surface area contributed by atoms with Gasteiger partial charge in [0.25, 0.3) is 0 Å². The van der Waals surface area contributed by atoms with Crippen LogP contribution >= 0.6 is 0 Å². The standard InChI is InChI=1S/C21H24FN3O/c1-15-3-8-18-19(11-15)24-20(23-18)12-25(2)13-21(9-10-26-14-21)16-4-6-17(22)7-5-16/h3-8,11H,9-10,12-14H2,1-2H3,(H,23,24)/t21-/m0/s1. The zero-order chi connectivity index (χ0) is 18.1. The molecule has 2 aromatic carbocycles. The topological polar surface area (TPSA) is 41.2 Å². The molecule has 1 saturated heterocycles. The lowest BCUT2D eigenvalue weighted by Gasteiger charge is -2.32. The number of nitrogens with zero attached hydrogens (tertiary/aromatic N) is 2. The molecular weight excluding hydrogens is 329 g/mol. The summed E-state index contributed by atoms with van der Waals surface area (Å²) in [5, 5.41) is 0. The maximum atomic E-state index is 13.3. The summed E-state index contributed by atoms with van der Waals surface area (Å²) in [4.78, 5) is 10.4. The number of likely N-dealkylation sites (N-methyl/N-ethyl adjacent to an activating group) is 1. The quantitative estimate of drug-likeness (QED) is 0.758. The molecule has 0 radical (unpaired) electrons. The third kappa shape index (κ3) is 3.37. The van der Waals surface area contributed by atoms with Crippen molar-refractivity contribution >= 4 is 11.0 Å². The van der Waals surface area contributed by atoms with Crippen LogP contribution in [0.15, 0.2) is 42.5 Å². The van der Waals surface area contributed by atoms with Gasteiger partial charge in [-0.15, -0.1) is 0 Å². The SMILES string of the molecule is Cc1ccc2nc(CN(C)C[C@@]3(c4ccc(F)cc4)CCOC3)[nH]c2c1. The van der Waals surface area contributed by atoms with Crippen LogP contribution in [0.5, 0.6) is 0 Å². The molecule has 0 unspecified atom stereocenters. The number of aryl methyl sites for hydroxylation is 1. The highest BCUT2D eigenvalue weighted by Gasteiger charge is 2.37. The molecule has 3 aromatic rings. The number of fused-ring (bicyclic) bond motifs is 1. The minimum Gasteiger partial charge on any atom is -0.380 e. The minimum atomic E-state index is -0.200. The predicted octanol–water partition coefficient (Wildman–Crippen LogP) is 3.80. The van der Waals surface area contributed by atoms with Crippen molar-refractivity contribution in [1.29, 1.82) is 0 Å². The van der Waals surface area contributed by atoms with Gasteiger partial charge >= 0.3 is 0 Å². The largest absolute Gasteiger partial charge is 0.380 e. The van der Waals surface area contributed by atoms with Crippen LogP contribution in [-0.2, 0) is 16.7 Å². The smallest absolute Gasteiger partial charge is 0.123 e. The Morgan fingerprint density at radius 2 is 2.04 bits per heavy atom. The Hall–Kier alpha value is -2.24. The van der Waals surface area contributed by atoms with Gasteiger partial charge in [-0.05, 0) is 55.8 Å². The Labute approximate surface area is 153 Å². The molecule has 4 nitrogen and oxygen atoms in total. The van der Waals surface area contributed by atoms with Crippen molar-refractivity contribution in [3.8, 4) is 0 Å². The summed E-state index contributed by atoms with van der Waals surface area (Å²) in [6.45, 7) is 5.07. The number of aromatic nitrogens is 2. The summed E-state index contributed by atoms with van der Waals surface area (Å²) in [7, 11) is 2.10. The number of ether oxygens (including phenoxy) is 1. The first-order valence-electron chi connectivity index (χ1n) is 9.02. The van der Waals surface area contributed by atoms with E-state index in [-0.39, 0.29) is 11.2 Å². The Morgan fingerprint density at radius 3 is 2.77 bits per heavy atom. The van der Waals surface area contributed by atoms with Crippen LogP contribution < -0.4 is 0 Å². The van der Waals surface area contributed by atoms with Gasteiger partial charge in [0.15, 0.2) is 0 Å². The second-order valence-electron chi connectivity index (χ2n) is 7.47. The van der Waals surface area contributed by atoms with Gasteiger partial charge < -0.3 is 9.72 Å². The molecule has 4 rings (SSSR count). The molecule has 5 heteroatoms. The highest BCUT2D eigenvalue weighted by molar-refractivity contribution is 5.75. The highest BCUT2D eigenvalue weighted by Crippen LogP contribution is 2.34. The summed E-state index contributed by atoms with van der Waals surface area (Å²) in [5.41, 5.74) is 4.34. The fraction of sp³-hybridized carbons (Fsp3) is 0.381. The third-order valence-corrected chi connectivity index (χ3v) is 5.24. The van der Waals surface area contributed by atoms with Gasteiger partial charge in [0.2, 0.25) is 0 Å². The van der Waals surface area contributed by atoms with Crippen molar-refractivity contribution in [1.82, 2.24) is 14.9 Å². The zero-order valence-electron chi connectivity index (χ0n) is 15.3. The van der Waals surface area contributed by atoms with Gasteiger partial charge in [0.05, 0.1) is 24.2 Å². The summed E-state index contributed by atoms with van der Waals surface area (Å²) in [6, 6.07) is 13.1. The van der Waals surface area contributed by atoms with E-state index in [0.717, 1.165) is 48.5 Å². The molecule has 26 heavy (non-hydrogen) atoms. The second-order valence-corrected chi connectivity index (χ2v) is 7.47. The summed E-state index contributed by atoms with van der Waals surface area (Å²) >= 11 is 0. The van der Waals surface area contributed by atoms with Crippen LogP contribution in [0.3, 0.4) is 0 Å². The van der Waals surface area contributed by atoms with E-state index >= 15 is 0 Å². The van der Waals surface area contributed by atoms with Gasteiger partial charge in [-0.1, -0.05) is 18.2 Å². The average molecular weight is 353 g/mol. The molecule has 1 fully saturated rings. The van der Waals surface area contributed by atoms with E-state index in [4.69, 9.17) is 9.72 Å². The Morgan fingerprint density at radius 1 is 1.23 bits per heavy atom. The van der Waals surface area contributed by atoms with Gasteiger partial charge in [-0.25, -0.2) is 9.37 Å². The van der Waals surface area contributed by atoms with E-state index < -0.39 is 0 Å². The van der Waals surface area contributed by atoms with Gasteiger partial charge in [0.1, 0.15) is 11.6 Å². The van der Waals surface area contributed by atoms with E-state index in [0.29, 0.717) is 6.61 Å². The van der Waals surface area contributed by atoms with Crippen molar-refractivity contribution in [3.63, 3.8) is 0 Å². The number of H-pyrrole nitrogens is 1. The number of hydrogen-bond donors (Lipinski definition) is 1. The zero-order valence-corrected chi connectivity index (χ0v) is 15.3. The van der Waals surface area contributed by atoms with Gasteiger partial charge in [-0.2, -0.15) is 0 Å². The third-order valence-electron chi connectivity index (χ3n) is 5.24. The first-order chi connectivity index (χ1) is 12.5. The van der Waals surface area contributed by atoms with Gasteiger partial charge in [0, 0.05) is 18.6 Å². The number of rotatable bonds is 5. The number of halogens is 1. The first kappa shape index (κ1) is 17.2. The van der Waals surface area contributed by atoms with E-state index in [2.05, 4.69) is 42.1 Å². The number of imidazole rings is 1. The molecule has 0 bridgehead atoms. The van der Waals surface area contributed by atoms with E-state index in [9.17, 15) is 4.39 Å². The van der Waals surface area contributed by atoms with Crippen LogP contribution in [0.25, 0.3) is 11.0 Å². The number of benzene rings is 2. The Balaban J connectivity index is 1.52. The molecule has 1 atom stereocenters. The molecular formula is C21H24FN3O. The fourth-order valence-corrected chi connectivity index (χ4v) is 3.93. The highest BCUT2D eigenvalue weighted by atomic mass is 19.1. The second kappa shape index (κ2) is 6.82. The van der Waals surface area contributed by atoms with Crippen LogP contribution in [0.4, 0.5) is 4.39 Å². The van der Waals surface area contributed by atoms with E-state index in [1.165, 1.54) is 17.7 Å². The number of hydrogen-bond acceptors (Lipinski definition) is 3. The van der Waals surface area contributed by atoms with Crippen LogP contribution in [0, 0.1) is 12.7 Å². The molecule has 1 N–H and O–H groups in total. The van der Waals surface area contributed by atoms with Crippen LogP contribution in [-0.4, -0.2) is 41.7 Å². The minimum absolute atomic E-state index is 0.0922. The van der Waals surface area contributed by atoms with Crippen molar-refractivity contribution in [3.05, 3.63) is 65.2 Å². The molecule has 2 heterocycles. The molecule has 0 aliphatic carbocycles. The average Bonchev–Trinajstić information content (AvgIpc) is 3.22. The Kier molecular flexibility index (Phi) is 4.51. The number of nitrogens with one attached hydrogen (secondary N) is 1. The van der Waals surface area contributed by atoms with Crippen LogP contribution in [0.1, 0.15) is 23.4 Å². The maximum Gasteiger partial charge on any atom is 0.123 e. The lowest BCUT2D eigenvalue weighted by atomic mass is 9.79. The first-order valence-corrected chi connectivity index (χ1v) is 9.02. The molecule has 1 aromatic heterocycles. The van der Waals surface area contributed by atoms with Crippen molar-refractivity contribution in [2.24, 2.45) is 0 Å². The van der Waals surface area contributed by atoms with E-state index in [1.807, 2.05) is 12.1 Å². The predicted molar refractivity (Wildman–Crippen MR) is 101 cm³/mol. The van der Waals surface area contributed by atoms with Crippen LogP contribution in [0.2, 0.25) is 0 Å². The molecule has 0 amide bonds. The van der Waals surface area contributed by atoms with Crippen molar-refractivity contribution in [2.45, 2.75) is 25.3 Å². The lowest BCUT2D eigenvalue weighted by Crippen LogP contribution is -2.39. The van der Waals surface area contributed by atoms with Gasteiger partial charge in [-0.3, -0.25) is 4.90 Å². The summed E-state index contributed by atoms with van der Waals surface area (Å²) in [5.74, 6) is 0.759. The summed E-state index contributed by atoms with van der Waals surface area (Å²) in [6.07, 6.45) is 0.947. The van der Waals surface area contributed by atoms with Crippen molar-refractivity contribution < 1.29 is 9.13 Å². The maximum absolute atomic E-state index is 13.3.